The van der Waals surface area contributed by atoms with Crippen LogP contribution in [0.15, 0.2) is 18.2 Å². The third kappa shape index (κ3) is 2.43. The molecule has 0 heterocycles. The Hall–Kier alpha value is -1.13. The summed E-state index contributed by atoms with van der Waals surface area (Å²) in [4.78, 5) is 0. The van der Waals surface area contributed by atoms with Crippen LogP contribution in [-0.4, -0.2) is 16.8 Å². The van der Waals surface area contributed by atoms with Gasteiger partial charge in [0.25, 0.3) is 0 Å². The van der Waals surface area contributed by atoms with Crippen molar-refractivity contribution >= 4 is 0 Å². The van der Waals surface area contributed by atoms with E-state index in [9.17, 15) is 4.39 Å². The minimum atomic E-state index is -0.825. The molecule has 0 saturated carbocycles. The molecule has 0 saturated heterocycles. The number of aliphatic hydroxyl groups is 1. The first-order chi connectivity index (χ1) is 6.45. The molecule has 0 aliphatic rings. The first-order valence-corrected chi connectivity index (χ1v) is 4.35. The highest BCUT2D eigenvalue weighted by atomic mass is 19.1. The number of aromatic hydroxyl groups is 1. The van der Waals surface area contributed by atoms with E-state index in [2.05, 4.69) is 0 Å². The van der Waals surface area contributed by atoms with E-state index in [1.807, 2.05) is 0 Å². The monoisotopic (exact) mass is 199 g/mol. The molecule has 0 radical (unpaired) electrons. The molecule has 0 bridgehead atoms. The fourth-order valence-corrected chi connectivity index (χ4v) is 1.28. The summed E-state index contributed by atoms with van der Waals surface area (Å²) in [7, 11) is 0. The number of halogens is 1. The van der Waals surface area contributed by atoms with Gasteiger partial charge in [-0.2, -0.15) is 0 Å². The number of nitrogens with two attached hydrogens (primary N) is 1. The van der Waals surface area contributed by atoms with Gasteiger partial charge in [-0.25, -0.2) is 4.39 Å². The van der Waals surface area contributed by atoms with Gasteiger partial charge >= 0.3 is 0 Å². The smallest absolute Gasteiger partial charge is 0.127 e. The Kier molecular flexibility index (Phi) is 3.08. The van der Waals surface area contributed by atoms with E-state index >= 15 is 0 Å². The van der Waals surface area contributed by atoms with Crippen LogP contribution in [0.3, 0.4) is 0 Å². The lowest BCUT2D eigenvalue weighted by molar-refractivity contribution is 0.246. The fourth-order valence-electron chi connectivity index (χ4n) is 1.28. The standard InChI is InChI=1S/C10H14FNO2/c1-10(12,2-3-13)7-4-8(11)6-9(14)5-7/h4-6,13-14H,2-3,12H2,1H3/t10-/m0/s1. The third-order valence-corrected chi connectivity index (χ3v) is 2.17. The maximum absolute atomic E-state index is 12.9. The molecule has 0 amide bonds. The van der Waals surface area contributed by atoms with Gasteiger partial charge in [-0.05, 0) is 31.0 Å². The molecule has 0 unspecified atom stereocenters. The molecule has 0 aromatic heterocycles. The molecule has 14 heavy (non-hydrogen) atoms. The van der Waals surface area contributed by atoms with Crippen molar-refractivity contribution in [2.24, 2.45) is 5.73 Å². The first-order valence-electron chi connectivity index (χ1n) is 4.35. The summed E-state index contributed by atoms with van der Waals surface area (Å²) in [6.07, 6.45) is 0.315. The Morgan fingerprint density at radius 2 is 2.07 bits per heavy atom. The summed E-state index contributed by atoms with van der Waals surface area (Å²) in [5.41, 5.74) is 5.50. The van der Waals surface area contributed by atoms with Crippen LogP contribution in [-0.2, 0) is 5.54 Å². The number of aliphatic hydroxyl groups excluding tert-OH is 1. The molecule has 0 fully saturated rings. The van der Waals surface area contributed by atoms with Gasteiger partial charge in [0, 0.05) is 18.2 Å². The van der Waals surface area contributed by atoms with E-state index in [0.29, 0.717) is 12.0 Å². The quantitative estimate of drug-likeness (QED) is 0.682. The molecule has 0 spiro atoms. The highest BCUT2D eigenvalue weighted by molar-refractivity contribution is 5.32. The average molecular weight is 199 g/mol. The molecule has 1 rings (SSSR count). The minimum absolute atomic E-state index is 0.0791. The van der Waals surface area contributed by atoms with E-state index in [4.69, 9.17) is 15.9 Å². The lowest BCUT2D eigenvalue weighted by Crippen LogP contribution is -2.34. The van der Waals surface area contributed by atoms with Crippen molar-refractivity contribution in [1.82, 2.24) is 0 Å². The Labute approximate surface area is 82.0 Å². The number of benzene rings is 1. The number of hydrogen-bond acceptors (Lipinski definition) is 3. The molecule has 3 nitrogen and oxygen atoms in total. The van der Waals surface area contributed by atoms with Crippen LogP contribution in [0.4, 0.5) is 4.39 Å². The molecule has 78 valence electrons. The van der Waals surface area contributed by atoms with Gasteiger partial charge in [-0.15, -0.1) is 0 Å². The third-order valence-electron chi connectivity index (χ3n) is 2.17. The molecule has 1 aromatic rings. The van der Waals surface area contributed by atoms with Crippen LogP contribution in [0.5, 0.6) is 5.75 Å². The van der Waals surface area contributed by atoms with Gasteiger partial charge in [0.15, 0.2) is 0 Å². The second kappa shape index (κ2) is 3.94. The van der Waals surface area contributed by atoms with E-state index in [1.165, 1.54) is 12.1 Å². The number of phenols is 1. The number of rotatable bonds is 3. The van der Waals surface area contributed by atoms with Crippen molar-refractivity contribution in [3.63, 3.8) is 0 Å². The Morgan fingerprint density at radius 3 is 2.57 bits per heavy atom. The highest BCUT2D eigenvalue weighted by Crippen LogP contribution is 2.25. The first kappa shape index (κ1) is 10.9. The normalized spacial score (nSPS) is 15.1. The summed E-state index contributed by atoms with van der Waals surface area (Å²) >= 11 is 0. The summed E-state index contributed by atoms with van der Waals surface area (Å²) in [6, 6.07) is 3.67. The summed E-state index contributed by atoms with van der Waals surface area (Å²) < 4.78 is 12.9. The lowest BCUT2D eigenvalue weighted by Gasteiger charge is -2.24. The summed E-state index contributed by atoms with van der Waals surface area (Å²) in [6.45, 7) is 1.60. The minimum Gasteiger partial charge on any atom is -0.508 e. The van der Waals surface area contributed by atoms with Crippen LogP contribution >= 0.6 is 0 Å². The van der Waals surface area contributed by atoms with Crippen LogP contribution in [0, 0.1) is 5.82 Å². The molecule has 1 aromatic carbocycles. The van der Waals surface area contributed by atoms with Crippen LogP contribution in [0.2, 0.25) is 0 Å². The lowest BCUT2D eigenvalue weighted by atomic mass is 9.90. The van der Waals surface area contributed by atoms with Crippen molar-refractivity contribution in [2.45, 2.75) is 18.9 Å². The largest absolute Gasteiger partial charge is 0.508 e. The van der Waals surface area contributed by atoms with Gasteiger partial charge in [0.05, 0.1) is 0 Å². The molecule has 4 N–H and O–H groups in total. The van der Waals surface area contributed by atoms with Gasteiger partial charge in [0.2, 0.25) is 0 Å². The Bertz CT molecular complexity index is 306. The van der Waals surface area contributed by atoms with E-state index in [-0.39, 0.29) is 12.4 Å². The zero-order chi connectivity index (χ0) is 10.8. The average Bonchev–Trinajstić information content (AvgIpc) is 2.02. The number of phenolic OH excluding ortho intramolecular Hbond substituents is 1. The fraction of sp³-hybridized carbons (Fsp3) is 0.400. The SMILES string of the molecule is C[C@](N)(CCO)c1cc(O)cc(F)c1. The molecule has 4 heteroatoms. The van der Waals surface area contributed by atoms with E-state index in [1.54, 1.807) is 6.92 Å². The predicted octanol–water partition coefficient (Wildman–Crippen LogP) is 1.09. The summed E-state index contributed by atoms with van der Waals surface area (Å²) in [5.74, 6) is -0.691. The van der Waals surface area contributed by atoms with Crippen LogP contribution in [0.25, 0.3) is 0 Å². The molecule has 1 atom stereocenters. The van der Waals surface area contributed by atoms with Gasteiger partial charge < -0.3 is 15.9 Å². The predicted molar refractivity (Wildman–Crippen MR) is 51.3 cm³/mol. The molecular weight excluding hydrogens is 185 g/mol. The summed E-state index contributed by atoms with van der Waals surface area (Å²) in [5, 5.41) is 17.9. The van der Waals surface area contributed by atoms with Crippen molar-refractivity contribution in [3.8, 4) is 5.75 Å². The van der Waals surface area contributed by atoms with Gasteiger partial charge in [-0.3, -0.25) is 0 Å². The van der Waals surface area contributed by atoms with Crippen molar-refractivity contribution in [3.05, 3.63) is 29.6 Å². The van der Waals surface area contributed by atoms with Crippen molar-refractivity contribution in [2.75, 3.05) is 6.61 Å². The topological polar surface area (TPSA) is 66.5 Å². The zero-order valence-electron chi connectivity index (χ0n) is 8.00. The van der Waals surface area contributed by atoms with Crippen molar-refractivity contribution < 1.29 is 14.6 Å². The van der Waals surface area contributed by atoms with Gasteiger partial charge in [-0.1, -0.05) is 0 Å². The molecular formula is C10H14FNO2. The Morgan fingerprint density at radius 1 is 1.43 bits per heavy atom. The van der Waals surface area contributed by atoms with Crippen LogP contribution < -0.4 is 5.73 Å². The maximum Gasteiger partial charge on any atom is 0.127 e. The zero-order valence-corrected chi connectivity index (χ0v) is 8.00. The molecule has 0 aliphatic heterocycles. The van der Waals surface area contributed by atoms with E-state index < -0.39 is 11.4 Å². The highest BCUT2D eigenvalue weighted by Gasteiger charge is 2.21. The van der Waals surface area contributed by atoms with Crippen LogP contribution in [0.1, 0.15) is 18.9 Å². The second-order valence-corrected chi connectivity index (χ2v) is 3.59. The number of hydrogen-bond donors (Lipinski definition) is 3. The van der Waals surface area contributed by atoms with Gasteiger partial charge in [0.1, 0.15) is 11.6 Å². The van der Waals surface area contributed by atoms with Crippen molar-refractivity contribution in [1.29, 1.82) is 0 Å². The maximum atomic E-state index is 12.9. The Balaban J connectivity index is 3.05. The second-order valence-electron chi connectivity index (χ2n) is 3.59. The van der Waals surface area contributed by atoms with E-state index in [0.717, 1.165) is 6.07 Å². The molecule has 0 aliphatic carbocycles.